The van der Waals surface area contributed by atoms with Crippen molar-refractivity contribution in [2.24, 2.45) is 23.7 Å². The van der Waals surface area contributed by atoms with Gasteiger partial charge in [0.25, 0.3) is 0 Å². The molecule has 1 aromatic rings. The molecule has 0 spiro atoms. The highest BCUT2D eigenvalue weighted by Gasteiger charge is 2.29. The van der Waals surface area contributed by atoms with Crippen molar-refractivity contribution in [3.05, 3.63) is 47.5 Å². The van der Waals surface area contributed by atoms with Gasteiger partial charge in [0.15, 0.2) is 0 Å². The van der Waals surface area contributed by atoms with Gasteiger partial charge >= 0.3 is 0 Å². The topological polar surface area (TPSA) is 0 Å². The van der Waals surface area contributed by atoms with Crippen molar-refractivity contribution in [2.75, 3.05) is 0 Å². The van der Waals surface area contributed by atoms with Crippen LogP contribution in [-0.2, 0) is 6.42 Å². The van der Waals surface area contributed by atoms with Crippen LogP contribution in [0.2, 0.25) is 0 Å². The molecular formula is C29H42. The number of benzene rings is 1. The molecule has 0 atom stereocenters. The Kier molecular flexibility index (Phi) is 9.40. The number of hydrogen-bond donors (Lipinski definition) is 0. The molecule has 2 saturated carbocycles. The Hall–Kier alpha value is -1.48. The average Bonchev–Trinajstić information content (AvgIpc) is 2.78. The molecule has 29 heavy (non-hydrogen) atoms. The van der Waals surface area contributed by atoms with E-state index in [4.69, 9.17) is 0 Å². The third-order valence-electron chi connectivity index (χ3n) is 7.64. The summed E-state index contributed by atoms with van der Waals surface area (Å²) in [5.41, 5.74) is 2.58. The molecule has 0 unspecified atom stereocenters. The molecule has 2 aliphatic carbocycles. The van der Waals surface area contributed by atoms with Crippen molar-refractivity contribution in [1.29, 1.82) is 0 Å². The summed E-state index contributed by atoms with van der Waals surface area (Å²) < 4.78 is 0. The van der Waals surface area contributed by atoms with E-state index in [0.29, 0.717) is 0 Å². The van der Waals surface area contributed by atoms with Crippen LogP contribution in [0, 0.1) is 35.5 Å². The smallest absolute Gasteiger partial charge is 0.0249 e. The van der Waals surface area contributed by atoms with Gasteiger partial charge in [-0.05, 0) is 98.8 Å². The summed E-state index contributed by atoms with van der Waals surface area (Å²) in [7, 11) is 0. The molecule has 0 radical (unpaired) electrons. The Morgan fingerprint density at radius 2 is 1.48 bits per heavy atom. The van der Waals surface area contributed by atoms with Gasteiger partial charge in [0.1, 0.15) is 0 Å². The van der Waals surface area contributed by atoms with Crippen molar-refractivity contribution in [1.82, 2.24) is 0 Å². The van der Waals surface area contributed by atoms with Crippen LogP contribution in [0.3, 0.4) is 0 Å². The van der Waals surface area contributed by atoms with E-state index >= 15 is 0 Å². The monoisotopic (exact) mass is 390 g/mol. The minimum Gasteiger partial charge on any atom is -0.0730 e. The third-order valence-corrected chi connectivity index (χ3v) is 7.64. The molecule has 3 rings (SSSR count). The van der Waals surface area contributed by atoms with Crippen molar-refractivity contribution in [3.63, 3.8) is 0 Å². The van der Waals surface area contributed by atoms with E-state index in [1.54, 1.807) is 0 Å². The zero-order valence-electron chi connectivity index (χ0n) is 19.0. The lowest BCUT2D eigenvalue weighted by Crippen LogP contribution is -2.25. The van der Waals surface area contributed by atoms with E-state index in [0.717, 1.165) is 29.2 Å². The molecule has 0 N–H and O–H groups in total. The Morgan fingerprint density at radius 1 is 0.828 bits per heavy atom. The molecule has 2 aliphatic rings. The Bertz CT molecular complexity index is 652. The van der Waals surface area contributed by atoms with Crippen LogP contribution in [0.25, 0.3) is 0 Å². The van der Waals surface area contributed by atoms with E-state index in [-0.39, 0.29) is 0 Å². The summed E-state index contributed by atoms with van der Waals surface area (Å²) in [6, 6.07) is 8.86. The first-order valence-corrected chi connectivity index (χ1v) is 12.6. The summed E-state index contributed by atoms with van der Waals surface area (Å²) in [6.07, 6.45) is 22.7. The van der Waals surface area contributed by atoms with Crippen LogP contribution in [0.1, 0.15) is 102 Å². The van der Waals surface area contributed by atoms with Crippen LogP contribution < -0.4 is 0 Å². The highest BCUT2D eigenvalue weighted by molar-refractivity contribution is 5.38. The molecule has 0 heteroatoms. The lowest BCUT2D eigenvalue weighted by molar-refractivity contribution is 0.154. The van der Waals surface area contributed by atoms with Crippen molar-refractivity contribution < 1.29 is 0 Å². The summed E-state index contributed by atoms with van der Waals surface area (Å²) in [6.45, 7) is 4.63. The number of rotatable bonds is 7. The molecule has 0 aliphatic heterocycles. The average molecular weight is 391 g/mol. The van der Waals surface area contributed by atoms with Crippen molar-refractivity contribution in [3.8, 4) is 11.8 Å². The van der Waals surface area contributed by atoms with Crippen LogP contribution in [0.4, 0.5) is 0 Å². The Labute approximate surface area is 180 Å². The van der Waals surface area contributed by atoms with Gasteiger partial charge in [0.2, 0.25) is 0 Å². The predicted molar refractivity (Wildman–Crippen MR) is 127 cm³/mol. The van der Waals surface area contributed by atoms with Crippen LogP contribution in [0.5, 0.6) is 0 Å². The summed E-state index contributed by atoms with van der Waals surface area (Å²) >= 11 is 0. The Balaban J connectivity index is 1.38. The van der Waals surface area contributed by atoms with Gasteiger partial charge in [-0.15, -0.1) is 0 Å². The number of unbranched alkanes of at least 4 members (excludes halogenated alkanes) is 2. The number of allylic oxidation sites excluding steroid dienone is 2. The van der Waals surface area contributed by atoms with Gasteiger partial charge in [-0.2, -0.15) is 0 Å². The van der Waals surface area contributed by atoms with E-state index in [1.807, 2.05) is 0 Å². The molecule has 0 saturated heterocycles. The fourth-order valence-electron chi connectivity index (χ4n) is 5.52. The minimum atomic E-state index is 0.758. The summed E-state index contributed by atoms with van der Waals surface area (Å²) in [4.78, 5) is 0. The molecular weight excluding hydrogens is 348 g/mol. The largest absolute Gasteiger partial charge is 0.0730 e. The molecule has 0 nitrogen and oxygen atoms in total. The van der Waals surface area contributed by atoms with Gasteiger partial charge < -0.3 is 0 Å². The second-order valence-electron chi connectivity index (χ2n) is 9.65. The van der Waals surface area contributed by atoms with Gasteiger partial charge in [0.05, 0.1) is 0 Å². The van der Waals surface area contributed by atoms with Crippen LogP contribution in [0.15, 0.2) is 36.4 Å². The number of aryl methyl sites for hydroxylation is 1. The normalized spacial score (nSPS) is 27.5. The van der Waals surface area contributed by atoms with E-state index in [9.17, 15) is 0 Å². The van der Waals surface area contributed by atoms with E-state index < -0.39 is 0 Å². The maximum atomic E-state index is 3.31. The third kappa shape index (κ3) is 7.37. The first-order chi connectivity index (χ1) is 14.3. The molecule has 0 aromatic heterocycles. The predicted octanol–water partition coefficient (Wildman–Crippen LogP) is 8.35. The van der Waals surface area contributed by atoms with Gasteiger partial charge in [-0.25, -0.2) is 0 Å². The molecule has 158 valence electrons. The minimum absolute atomic E-state index is 0.758. The highest BCUT2D eigenvalue weighted by atomic mass is 14.3. The zero-order valence-corrected chi connectivity index (χ0v) is 19.0. The van der Waals surface area contributed by atoms with E-state index in [1.165, 1.54) is 89.0 Å². The van der Waals surface area contributed by atoms with Gasteiger partial charge in [0, 0.05) is 5.56 Å². The zero-order chi connectivity index (χ0) is 20.3. The Morgan fingerprint density at radius 3 is 2.10 bits per heavy atom. The van der Waals surface area contributed by atoms with Crippen molar-refractivity contribution in [2.45, 2.75) is 97.3 Å². The maximum Gasteiger partial charge on any atom is 0.0249 e. The second-order valence-corrected chi connectivity index (χ2v) is 9.65. The highest BCUT2D eigenvalue weighted by Crippen LogP contribution is 2.42. The van der Waals surface area contributed by atoms with Gasteiger partial charge in [-0.3, -0.25) is 0 Å². The quantitative estimate of drug-likeness (QED) is 0.324. The van der Waals surface area contributed by atoms with Crippen LogP contribution >= 0.6 is 0 Å². The molecule has 0 heterocycles. The van der Waals surface area contributed by atoms with Gasteiger partial charge in [-0.1, -0.05) is 76.0 Å². The van der Waals surface area contributed by atoms with Crippen molar-refractivity contribution >= 4 is 0 Å². The SMILES string of the molecule is CCCCCc1ccc(C#C/C=C/C2CCC([C@H]3CC[C@H](CC)CC3)CC2)cc1. The summed E-state index contributed by atoms with van der Waals surface area (Å²) in [5.74, 6) is 10.4. The van der Waals surface area contributed by atoms with Crippen LogP contribution in [-0.4, -0.2) is 0 Å². The lowest BCUT2D eigenvalue weighted by atomic mass is 9.69. The summed E-state index contributed by atoms with van der Waals surface area (Å²) in [5, 5.41) is 0. The lowest BCUT2D eigenvalue weighted by Gasteiger charge is -2.37. The maximum absolute atomic E-state index is 3.31. The number of hydrogen-bond acceptors (Lipinski definition) is 0. The fourth-order valence-corrected chi connectivity index (χ4v) is 5.52. The first kappa shape index (κ1) is 22.2. The molecule has 1 aromatic carbocycles. The van der Waals surface area contributed by atoms with E-state index in [2.05, 4.69) is 62.1 Å². The second kappa shape index (κ2) is 12.3. The first-order valence-electron chi connectivity index (χ1n) is 12.6. The molecule has 2 fully saturated rings. The fraction of sp³-hybridized carbons (Fsp3) is 0.655. The molecule has 0 amide bonds. The standard InChI is InChI=1S/C29H42/c1-3-5-6-9-25-12-14-26(15-13-25)10-7-8-11-27-18-22-29(23-19-27)28-20-16-24(4-2)17-21-28/h8,11-15,24,27-29H,3-6,9,16-23H2,1-2H3/b11-8+/t24-,27?,28-,29?. The molecule has 0 bridgehead atoms.